The van der Waals surface area contributed by atoms with Crippen LogP contribution < -0.4 is 0 Å². The van der Waals surface area contributed by atoms with Gasteiger partial charge in [0, 0.05) is 50.2 Å². The number of hydrogen-bond donors (Lipinski definition) is 0. The molecule has 2 saturated heterocycles. The molecule has 0 saturated carbocycles. The Morgan fingerprint density at radius 3 is 2.68 bits per heavy atom. The van der Waals surface area contributed by atoms with E-state index < -0.39 is 11.9 Å². The second-order valence-corrected chi connectivity index (χ2v) is 6.73. The highest BCUT2D eigenvalue weighted by Crippen LogP contribution is 2.32. The fourth-order valence-electron chi connectivity index (χ4n) is 3.77. The smallest absolute Gasteiger partial charge is 0.266 e. The number of aromatic nitrogens is 2. The predicted molar refractivity (Wildman–Crippen MR) is 89.1 cm³/mol. The highest BCUT2D eigenvalue weighted by Gasteiger charge is 2.43. The molecule has 1 spiro atoms. The normalized spacial score (nSPS) is 25.3. The molecule has 0 aromatic carbocycles. The summed E-state index contributed by atoms with van der Waals surface area (Å²) >= 11 is 0. The molecule has 4 rings (SSSR count). The van der Waals surface area contributed by atoms with Gasteiger partial charge in [-0.1, -0.05) is 5.16 Å². The van der Waals surface area contributed by atoms with Crippen LogP contribution in [0.15, 0.2) is 11.4 Å². The minimum atomic E-state index is -0.543. The zero-order valence-electron chi connectivity index (χ0n) is 14.7. The van der Waals surface area contributed by atoms with Gasteiger partial charge in [0.1, 0.15) is 0 Å². The number of rotatable bonds is 3. The number of carbonyl (C=O) groups excluding carboxylic acids is 1. The largest absolute Gasteiger partial charge is 0.382 e. The first-order valence-corrected chi connectivity index (χ1v) is 8.94. The van der Waals surface area contributed by atoms with Crippen molar-refractivity contribution in [2.24, 2.45) is 5.16 Å². The molecule has 8 nitrogen and oxygen atoms in total. The van der Waals surface area contributed by atoms with Crippen molar-refractivity contribution in [2.75, 3.05) is 26.3 Å². The lowest BCUT2D eigenvalue weighted by molar-refractivity contribution is -0.189. The maximum absolute atomic E-state index is 12.8. The molecule has 1 atom stereocenters. The number of hydrogen-bond acceptors (Lipinski definition) is 6. The average molecular weight is 348 g/mol. The van der Waals surface area contributed by atoms with E-state index in [9.17, 15) is 4.79 Å². The third kappa shape index (κ3) is 2.93. The summed E-state index contributed by atoms with van der Waals surface area (Å²) in [6, 6.07) is 0. The van der Waals surface area contributed by atoms with Gasteiger partial charge >= 0.3 is 0 Å². The average Bonchev–Trinajstić information content (AvgIpc) is 3.35. The van der Waals surface area contributed by atoms with Crippen molar-refractivity contribution in [1.29, 1.82) is 0 Å². The third-order valence-electron chi connectivity index (χ3n) is 5.31. The van der Waals surface area contributed by atoms with E-state index in [0.717, 1.165) is 23.5 Å². The van der Waals surface area contributed by atoms with E-state index in [-0.39, 0.29) is 5.91 Å². The van der Waals surface area contributed by atoms with Crippen molar-refractivity contribution in [1.82, 2.24) is 14.7 Å². The molecule has 0 N–H and O–H groups in total. The molecule has 1 amide bonds. The maximum Gasteiger partial charge on any atom is 0.266 e. The van der Waals surface area contributed by atoms with Gasteiger partial charge in [-0.15, -0.1) is 0 Å². The van der Waals surface area contributed by atoms with E-state index in [2.05, 4.69) is 10.3 Å². The molecule has 136 valence electrons. The van der Waals surface area contributed by atoms with E-state index in [0.29, 0.717) is 45.6 Å². The van der Waals surface area contributed by atoms with Crippen LogP contribution in [0.25, 0.3) is 0 Å². The topological polar surface area (TPSA) is 78.2 Å². The van der Waals surface area contributed by atoms with Gasteiger partial charge in [-0.3, -0.25) is 9.48 Å². The SMILES string of the molecule is CCn1ncc(C2=NO[C@H](C(=O)N3CCC4(CC3)OCCO4)C2)c1C. The fraction of sp³-hybridized carbons (Fsp3) is 0.706. The number of ether oxygens (including phenoxy) is 2. The van der Waals surface area contributed by atoms with Crippen molar-refractivity contribution in [2.45, 2.75) is 51.5 Å². The molecule has 2 fully saturated rings. The summed E-state index contributed by atoms with van der Waals surface area (Å²) in [7, 11) is 0. The second-order valence-electron chi connectivity index (χ2n) is 6.73. The number of likely N-dealkylation sites (tertiary alicyclic amines) is 1. The molecule has 8 heteroatoms. The molecule has 1 aromatic heterocycles. The van der Waals surface area contributed by atoms with Crippen LogP contribution in [0.1, 0.15) is 37.4 Å². The molecule has 0 unspecified atom stereocenters. The molecule has 4 heterocycles. The van der Waals surface area contributed by atoms with E-state index in [1.54, 1.807) is 6.20 Å². The van der Waals surface area contributed by atoms with Crippen LogP contribution in [0.5, 0.6) is 0 Å². The van der Waals surface area contributed by atoms with Gasteiger partial charge in [-0.05, 0) is 13.8 Å². The summed E-state index contributed by atoms with van der Waals surface area (Å²) in [5.74, 6) is -0.479. The Balaban J connectivity index is 1.36. The number of piperidine rings is 1. The molecule has 1 aromatic rings. The standard InChI is InChI=1S/C17H24N4O4/c1-3-21-12(2)13(11-18-21)14-10-15(25-19-14)16(22)20-6-4-17(5-7-20)23-8-9-24-17/h11,15H,3-10H2,1-2H3/t15-/m0/s1. The first-order chi connectivity index (χ1) is 12.1. The Bertz CT molecular complexity index is 683. The van der Waals surface area contributed by atoms with Crippen LogP contribution in [0.2, 0.25) is 0 Å². The Hall–Kier alpha value is -1.93. The van der Waals surface area contributed by atoms with Crippen molar-refractivity contribution < 1.29 is 19.1 Å². The van der Waals surface area contributed by atoms with Crippen molar-refractivity contribution in [3.05, 3.63) is 17.5 Å². The molecule has 0 radical (unpaired) electrons. The highest BCUT2D eigenvalue weighted by molar-refractivity contribution is 6.04. The molecule has 3 aliphatic rings. The van der Waals surface area contributed by atoms with Gasteiger partial charge in [0.25, 0.3) is 5.91 Å². The van der Waals surface area contributed by atoms with Crippen LogP contribution in [0, 0.1) is 6.92 Å². The summed E-state index contributed by atoms with van der Waals surface area (Å²) in [5, 5.41) is 8.49. The number of nitrogens with zero attached hydrogens (tertiary/aromatic N) is 4. The van der Waals surface area contributed by atoms with Gasteiger partial charge in [0.15, 0.2) is 5.79 Å². The predicted octanol–water partition coefficient (Wildman–Crippen LogP) is 1.07. The van der Waals surface area contributed by atoms with Crippen LogP contribution in [-0.2, 0) is 25.7 Å². The lowest BCUT2D eigenvalue weighted by Gasteiger charge is -2.38. The molecule has 0 aliphatic carbocycles. The number of aryl methyl sites for hydroxylation is 1. The van der Waals surface area contributed by atoms with Crippen LogP contribution in [0.4, 0.5) is 0 Å². The van der Waals surface area contributed by atoms with Crippen molar-refractivity contribution >= 4 is 11.6 Å². The van der Waals surface area contributed by atoms with Gasteiger partial charge in [0.2, 0.25) is 6.10 Å². The summed E-state index contributed by atoms with van der Waals surface area (Å²) in [5.41, 5.74) is 2.81. The Labute approximate surface area is 146 Å². The minimum absolute atomic E-state index is 0.00728. The Kier molecular flexibility index (Phi) is 4.24. The fourth-order valence-corrected chi connectivity index (χ4v) is 3.77. The number of carbonyl (C=O) groups is 1. The Morgan fingerprint density at radius 1 is 1.32 bits per heavy atom. The molecular formula is C17H24N4O4. The third-order valence-corrected chi connectivity index (χ3v) is 5.31. The number of oxime groups is 1. The molecule has 0 bridgehead atoms. The van der Waals surface area contributed by atoms with Crippen LogP contribution >= 0.6 is 0 Å². The maximum atomic E-state index is 12.8. The van der Waals surface area contributed by atoms with Crippen LogP contribution in [-0.4, -0.2) is 64.5 Å². The summed E-state index contributed by atoms with van der Waals surface area (Å²) < 4.78 is 13.3. The van der Waals surface area contributed by atoms with E-state index in [4.69, 9.17) is 14.3 Å². The van der Waals surface area contributed by atoms with Gasteiger partial charge in [-0.2, -0.15) is 5.10 Å². The van der Waals surface area contributed by atoms with Crippen molar-refractivity contribution in [3.8, 4) is 0 Å². The van der Waals surface area contributed by atoms with E-state index in [1.165, 1.54) is 0 Å². The quantitative estimate of drug-likeness (QED) is 0.816. The Morgan fingerprint density at radius 2 is 2.04 bits per heavy atom. The van der Waals surface area contributed by atoms with Gasteiger partial charge in [0.05, 0.1) is 25.1 Å². The lowest BCUT2D eigenvalue weighted by Crippen LogP contribution is -2.50. The van der Waals surface area contributed by atoms with Gasteiger partial charge in [-0.25, -0.2) is 0 Å². The van der Waals surface area contributed by atoms with E-state index >= 15 is 0 Å². The summed E-state index contributed by atoms with van der Waals surface area (Å²) in [4.78, 5) is 20.0. The number of amides is 1. The zero-order chi connectivity index (χ0) is 17.4. The summed E-state index contributed by atoms with van der Waals surface area (Å²) in [6.45, 7) is 7.39. The van der Waals surface area contributed by atoms with Crippen molar-refractivity contribution in [3.63, 3.8) is 0 Å². The second kappa shape index (κ2) is 6.42. The lowest BCUT2D eigenvalue weighted by atomic mass is 10.0. The monoisotopic (exact) mass is 348 g/mol. The van der Waals surface area contributed by atoms with Crippen LogP contribution in [0.3, 0.4) is 0 Å². The molecule has 25 heavy (non-hydrogen) atoms. The highest BCUT2D eigenvalue weighted by atomic mass is 16.7. The minimum Gasteiger partial charge on any atom is -0.382 e. The summed E-state index contributed by atoms with van der Waals surface area (Å²) in [6.07, 6.45) is 3.17. The van der Waals surface area contributed by atoms with E-state index in [1.807, 2.05) is 23.4 Å². The molecular weight excluding hydrogens is 324 g/mol. The zero-order valence-corrected chi connectivity index (χ0v) is 14.7. The first-order valence-electron chi connectivity index (χ1n) is 8.94. The molecule has 3 aliphatic heterocycles. The first kappa shape index (κ1) is 16.5. The van der Waals surface area contributed by atoms with Gasteiger partial charge < -0.3 is 19.2 Å².